The topological polar surface area (TPSA) is 128 Å². The van der Waals surface area contributed by atoms with Gasteiger partial charge >= 0.3 is 5.97 Å². The van der Waals surface area contributed by atoms with Crippen molar-refractivity contribution in [2.75, 3.05) is 19.0 Å². The van der Waals surface area contributed by atoms with E-state index in [9.17, 15) is 17.4 Å². The summed E-state index contributed by atoms with van der Waals surface area (Å²) >= 11 is 3.78. The highest BCUT2D eigenvalue weighted by Crippen LogP contribution is 2.39. The summed E-state index contributed by atoms with van der Waals surface area (Å²) in [6.07, 6.45) is -1.21. The molecule has 1 aliphatic rings. The Balaban J connectivity index is 2.61. The smallest absolute Gasteiger partial charge is 0.344 e. The molecule has 23 heavy (non-hydrogen) atoms. The number of nitrogens with one attached hydrogen (secondary N) is 1. The molecule has 2 unspecified atom stereocenters. The van der Waals surface area contributed by atoms with Gasteiger partial charge in [0.15, 0.2) is 11.9 Å². The van der Waals surface area contributed by atoms with Gasteiger partial charge in [-0.25, -0.2) is 18.4 Å². The third-order valence-electron chi connectivity index (χ3n) is 3.11. The summed E-state index contributed by atoms with van der Waals surface area (Å²) < 4.78 is 46.7. The van der Waals surface area contributed by atoms with E-state index in [4.69, 9.17) is 20.9 Å². The van der Waals surface area contributed by atoms with Crippen molar-refractivity contribution in [1.82, 2.24) is 4.31 Å². The van der Waals surface area contributed by atoms with Gasteiger partial charge in [-0.3, -0.25) is 0 Å². The minimum atomic E-state index is -4.02. The summed E-state index contributed by atoms with van der Waals surface area (Å²) in [5.74, 6) is -0.912. The van der Waals surface area contributed by atoms with Gasteiger partial charge in [-0.2, -0.15) is 8.51 Å². The van der Waals surface area contributed by atoms with E-state index < -0.39 is 33.4 Å². The van der Waals surface area contributed by atoms with Gasteiger partial charge in [0.2, 0.25) is 10.0 Å². The van der Waals surface area contributed by atoms with Gasteiger partial charge in [-0.15, -0.1) is 0 Å². The highest BCUT2D eigenvalue weighted by atomic mass is 35.5. The first-order valence-corrected chi connectivity index (χ1v) is 9.22. The summed E-state index contributed by atoms with van der Waals surface area (Å²) in [5.41, 5.74) is 0.102. The molecule has 0 saturated heterocycles. The first-order valence-electron chi connectivity index (χ1n) is 6.26. The molecule has 0 fully saturated rings. The van der Waals surface area contributed by atoms with Crippen LogP contribution in [0, 0.1) is 0 Å². The molecular weight excluding hydrogens is 370 g/mol. The molecule has 0 aliphatic carbocycles. The SMILES string of the molecule is CCN1C(C(=O)OC)Nc2cc(Cl)c(OS(N)=O)cc2S1(=O)=O. The zero-order valence-corrected chi connectivity index (χ0v) is 14.5. The number of ether oxygens (including phenoxy) is 1. The fourth-order valence-corrected chi connectivity index (χ4v) is 4.36. The lowest BCUT2D eigenvalue weighted by Crippen LogP contribution is -2.52. The van der Waals surface area contributed by atoms with Crippen LogP contribution < -0.4 is 14.6 Å². The molecule has 12 heteroatoms. The molecule has 2 rings (SSSR count). The fraction of sp³-hybridized carbons (Fsp3) is 0.364. The molecule has 0 saturated carbocycles. The number of esters is 1. The second-order valence-electron chi connectivity index (χ2n) is 4.40. The Morgan fingerprint density at radius 3 is 2.70 bits per heavy atom. The Bertz CT molecular complexity index is 769. The molecule has 1 aliphatic heterocycles. The number of nitrogens with two attached hydrogens (primary N) is 1. The van der Waals surface area contributed by atoms with Crippen molar-refractivity contribution in [1.29, 1.82) is 0 Å². The van der Waals surface area contributed by atoms with Crippen molar-refractivity contribution in [2.24, 2.45) is 5.14 Å². The van der Waals surface area contributed by atoms with Gasteiger partial charge in [-0.05, 0) is 6.07 Å². The zero-order valence-electron chi connectivity index (χ0n) is 12.1. The minimum Gasteiger partial charge on any atom is -0.466 e. The molecule has 0 spiro atoms. The van der Waals surface area contributed by atoms with Crippen LogP contribution in [0.1, 0.15) is 6.92 Å². The number of methoxy groups -OCH3 is 1. The van der Waals surface area contributed by atoms with E-state index in [1.807, 2.05) is 0 Å². The number of rotatable bonds is 4. The van der Waals surface area contributed by atoms with Crippen molar-refractivity contribution in [3.63, 3.8) is 0 Å². The largest absolute Gasteiger partial charge is 0.466 e. The molecule has 2 atom stereocenters. The molecule has 128 valence electrons. The predicted octanol–water partition coefficient (Wildman–Crippen LogP) is 0.191. The quantitative estimate of drug-likeness (QED) is 0.710. The van der Waals surface area contributed by atoms with Crippen LogP contribution in [0.15, 0.2) is 17.0 Å². The van der Waals surface area contributed by atoms with E-state index in [2.05, 4.69) is 10.1 Å². The van der Waals surface area contributed by atoms with Crippen LogP contribution in [0.5, 0.6) is 5.75 Å². The number of carbonyl (C=O) groups excluding carboxylic acids is 1. The van der Waals surface area contributed by atoms with E-state index >= 15 is 0 Å². The maximum Gasteiger partial charge on any atom is 0.344 e. The van der Waals surface area contributed by atoms with Crippen LogP contribution in [0.3, 0.4) is 0 Å². The monoisotopic (exact) mass is 383 g/mol. The number of nitrogens with zero attached hydrogens (tertiary/aromatic N) is 1. The normalized spacial score (nSPS) is 21.0. The number of carbonyl (C=O) groups is 1. The van der Waals surface area contributed by atoms with Gasteiger partial charge in [0.25, 0.3) is 11.3 Å². The zero-order chi connectivity index (χ0) is 17.4. The number of hydrogen-bond acceptors (Lipinski definition) is 7. The van der Waals surface area contributed by atoms with E-state index in [-0.39, 0.29) is 27.9 Å². The van der Waals surface area contributed by atoms with Crippen LogP contribution in [-0.4, -0.2) is 42.7 Å². The Hall–Kier alpha value is -1.40. The molecule has 0 bridgehead atoms. The Morgan fingerprint density at radius 1 is 1.52 bits per heavy atom. The van der Waals surface area contributed by atoms with Crippen molar-refractivity contribution in [3.8, 4) is 5.75 Å². The van der Waals surface area contributed by atoms with Gasteiger partial charge in [0.05, 0.1) is 17.8 Å². The second-order valence-corrected chi connectivity index (χ2v) is 7.35. The molecular formula is C11H14ClN3O6S2. The Morgan fingerprint density at radius 2 is 2.17 bits per heavy atom. The second kappa shape index (κ2) is 6.61. The molecule has 9 nitrogen and oxygen atoms in total. The number of anilines is 1. The van der Waals surface area contributed by atoms with E-state index in [0.717, 1.165) is 17.5 Å². The first-order chi connectivity index (χ1) is 10.7. The maximum atomic E-state index is 12.7. The lowest BCUT2D eigenvalue weighted by molar-refractivity contribution is -0.144. The van der Waals surface area contributed by atoms with Crippen LogP contribution >= 0.6 is 11.6 Å². The number of hydrogen-bond donors (Lipinski definition) is 2. The Labute approximate surface area is 140 Å². The van der Waals surface area contributed by atoms with Gasteiger partial charge < -0.3 is 14.2 Å². The summed E-state index contributed by atoms with van der Waals surface area (Å²) in [6, 6.07) is 2.35. The van der Waals surface area contributed by atoms with E-state index in [1.54, 1.807) is 6.92 Å². The van der Waals surface area contributed by atoms with Crippen LogP contribution in [0.2, 0.25) is 5.02 Å². The fourth-order valence-electron chi connectivity index (χ4n) is 2.14. The van der Waals surface area contributed by atoms with Crippen LogP contribution in [-0.2, 0) is 30.8 Å². The third-order valence-corrected chi connectivity index (χ3v) is 5.73. The maximum absolute atomic E-state index is 12.7. The van der Waals surface area contributed by atoms with E-state index in [1.165, 1.54) is 6.07 Å². The molecule has 0 radical (unpaired) electrons. The number of halogens is 1. The Kier molecular flexibility index (Phi) is 5.16. The van der Waals surface area contributed by atoms with Gasteiger partial charge in [0.1, 0.15) is 4.90 Å². The van der Waals surface area contributed by atoms with Crippen molar-refractivity contribution < 1.29 is 26.3 Å². The summed E-state index contributed by atoms with van der Waals surface area (Å²) in [5, 5.41) is 7.76. The van der Waals surface area contributed by atoms with Crippen molar-refractivity contribution in [3.05, 3.63) is 17.2 Å². The summed E-state index contributed by atoms with van der Waals surface area (Å²) in [7, 11) is -2.87. The molecule has 1 aromatic rings. The highest BCUT2D eigenvalue weighted by molar-refractivity contribution is 7.89. The average molecular weight is 384 g/mol. The average Bonchev–Trinajstić information content (AvgIpc) is 2.47. The molecule has 1 heterocycles. The molecule has 1 aromatic carbocycles. The van der Waals surface area contributed by atoms with Crippen molar-refractivity contribution >= 4 is 44.5 Å². The highest BCUT2D eigenvalue weighted by Gasteiger charge is 2.42. The van der Waals surface area contributed by atoms with Crippen LogP contribution in [0.25, 0.3) is 0 Å². The molecule has 0 aromatic heterocycles. The van der Waals surface area contributed by atoms with Crippen LogP contribution in [0.4, 0.5) is 5.69 Å². The lowest BCUT2D eigenvalue weighted by atomic mass is 10.2. The van der Waals surface area contributed by atoms with Gasteiger partial charge in [-0.1, -0.05) is 18.5 Å². The van der Waals surface area contributed by atoms with Gasteiger partial charge in [0, 0.05) is 12.6 Å². The molecule has 3 N–H and O–H groups in total. The third kappa shape index (κ3) is 3.28. The molecule has 0 amide bonds. The number of sulfonamides is 1. The number of benzene rings is 1. The summed E-state index contributed by atoms with van der Waals surface area (Å²) in [4.78, 5) is 11.6. The standard InChI is InChI=1S/C11H14ClN3O6S2/c1-3-15-10(11(16)20-2)14-7-4-6(12)8(21-22(13)17)5-9(7)23(15,18)19/h4-5,10,14H,3,13H2,1-2H3. The van der Waals surface area contributed by atoms with Crippen molar-refractivity contribution in [2.45, 2.75) is 18.0 Å². The predicted molar refractivity (Wildman–Crippen MR) is 83.4 cm³/mol. The lowest BCUT2D eigenvalue weighted by Gasteiger charge is -2.34. The van der Waals surface area contributed by atoms with E-state index in [0.29, 0.717) is 0 Å². The number of fused-ring (bicyclic) bond motifs is 1. The summed E-state index contributed by atoms with van der Waals surface area (Å²) in [6.45, 7) is 1.60. The first kappa shape index (κ1) is 17.9. The number of likely N-dealkylation sites (N-methyl/N-ethyl adjacent to an activating group) is 1. The minimum absolute atomic E-state index is 0.0150.